The summed E-state index contributed by atoms with van der Waals surface area (Å²) < 4.78 is 16.0. The lowest BCUT2D eigenvalue weighted by atomic mass is 10.0. The van der Waals surface area contributed by atoms with Crippen molar-refractivity contribution in [2.75, 3.05) is 19.8 Å². The maximum Gasteiger partial charge on any atom is 0.435 e. The van der Waals surface area contributed by atoms with E-state index in [0.717, 1.165) is 30.4 Å². The molecule has 0 radical (unpaired) electrons. The zero-order valence-electron chi connectivity index (χ0n) is 23.5. The van der Waals surface area contributed by atoms with Crippen LogP contribution in [0.5, 0.6) is 5.75 Å². The summed E-state index contributed by atoms with van der Waals surface area (Å²) in [5.41, 5.74) is 8.61. The number of unbranched alkanes of at least 4 members (excludes halogenated alkanes) is 5. The Hall–Kier alpha value is -3.88. The van der Waals surface area contributed by atoms with Gasteiger partial charge in [0.2, 0.25) is 5.91 Å². The number of benzene rings is 2. The summed E-state index contributed by atoms with van der Waals surface area (Å²) in [6, 6.07) is 14.9. The second-order valence-electron chi connectivity index (χ2n) is 9.94. The Labute approximate surface area is 236 Å². The number of hydrogen-bond acceptors (Lipinski definition) is 6. The van der Waals surface area contributed by atoms with Crippen LogP contribution in [-0.4, -0.2) is 49.7 Å². The zero-order valence-corrected chi connectivity index (χ0v) is 23.5. The standard InChI is InChI=1S/C31H41N3O6/c1-3-5-6-7-8-9-18-39-31(37)34-29(32)24-12-10-22(11-13-24)23-14-16-27(17-15-23)40-21-26-19-25(30(36)33-26)20-28(35)38-4-2/h10-17,25-26H,3-9,18-21H2,1-2H3,(H,33,36)(H2,32,34,37)/t25-,26-/m0/s1. The molecular formula is C31H41N3O6. The van der Waals surface area contributed by atoms with E-state index < -0.39 is 6.09 Å². The Bertz CT molecular complexity index is 1130. The topological polar surface area (TPSA) is 129 Å². The van der Waals surface area contributed by atoms with Crippen LogP contribution < -0.4 is 15.8 Å². The minimum Gasteiger partial charge on any atom is -0.491 e. The van der Waals surface area contributed by atoms with Gasteiger partial charge in [-0.15, -0.1) is 0 Å². The number of nitrogens with zero attached hydrogens (tertiary/aromatic N) is 1. The molecule has 0 spiro atoms. The molecule has 0 unspecified atom stereocenters. The van der Waals surface area contributed by atoms with Crippen LogP contribution in [0.15, 0.2) is 53.5 Å². The fourth-order valence-electron chi connectivity index (χ4n) is 4.55. The van der Waals surface area contributed by atoms with Gasteiger partial charge in [-0.3, -0.25) is 9.59 Å². The first-order chi connectivity index (χ1) is 19.4. The lowest BCUT2D eigenvalue weighted by molar-refractivity contribution is -0.145. The third kappa shape index (κ3) is 10.0. The number of nitrogens with two attached hydrogens (primary N) is 1. The summed E-state index contributed by atoms with van der Waals surface area (Å²) in [4.78, 5) is 39.7. The van der Waals surface area contributed by atoms with Crippen LogP contribution >= 0.6 is 0 Å². The normalized spacial score (nSPS) is 16.9. The Morgan fingerprint density at radius 3 is 2.25 bits per heavy atom. The molecule has 216 valence electrons. The number of ether oxygens (including phenoxy) is 3. The van der Waals surface area contributed by atoms with Crippen LogP contribution in [0, 0.1) is 5.92 Å². The second-order valence-corrected chi connectivity index (χ2v) is 9.94. The third-order valence-electron chi connectivity index (χ3n) is 6.76. The highest BCUT2D eigenvalue weighted by atomic mass is 16.5. The number of nitrogens with one attached hydrogen (secondary N) is 1. The van der Waals surface area contributed by atoms with E-state index in [4.69, 9.17) is 19.9 Å². The summed E-state index contributed by atoms with van der Waals surface area (Å²) >= 11 is 0. The van der Waals surface area contributed by atoms with Crippen molar-refractivity contribution in [1.82, 2.24) is 5.32 Å². The van der Waals surface area contributed by atoms with Gasteiger partial charge in [0.05, 0.1) is 31.6 Å². The molecule has 0 aliphatic carbocycles. The minimum atomic E-state index is -0.669. The maximum absolute atomic E-state index is 12.1. The molecule has 0 bridgehead atoms. The molecule has 2 aromatic carbocycles. The van der Waals surface area contributed by atoms with Crippen LogP contribution in [-0.2, 0) is 19.1 Å². The quantitative estimate of drug-likeness (QED) is 0.131. The smallest absolute Gasteiger partial charge is 0.435 e. The first-order valence-corrected chi connectivity index (χ1v) is 14.2. The number of carbonyl (C=O) groups excluding carboxylic acids is 3. The molecule has 0 aromatic heterocycles. The van der Waals surface area contributed by atoms with Crippen molar-refractivity contribution in [3.05, 3.63) is 54.1 Å². The monoisotopic (exact) mass is 551 g/mol. The van der Waals surface area contributed by atoms with Crippen molar-refractivity contribution in [1.29, 1.82) is 0 Å². The number of amides is 2. The first-order valence-electron chi connectivity index (χ1n) is 14.2. The van der Waals surface area contributed by atoms with Gasteiger partial charge in [0.1, 0.15) is 18.2 Å². The van der Waals surface area contributed by atoms with Crippen LogP contribution in [0.25, 0.3) is 11.1 Å². The van der Waals surface area contributed by atoms with Crippen molar-refractivity contribution in [2.24, 2.45) is 16.6 Å². The molecule has 0 saturated carbocycles. The highest BCUT2D eigenvalue weighted by Crippen LogP contribution is 2.24. The highest BCUT2D eigenvalue weighted by molar-refractivity contribution is 6.03. The number of aliphatic imine (C=N–C) groups is 1. The van der Waals surface area contributed by atoms with Crippen LogP contribution in [0.3, 0.4) is 0 Å². The van der Waals surface area contributed by atoms with Gasteiger partial charge in [0.15, 0.2) is 0 Å². The van der Waals surface area contributed by atoms with E-state index in [9.17, 15) is 14.4 Å². The molecule has 3 rings (SSSR count). The van der Waals surface area contributed by atoms with Crippen molar-refractivity contribution in [3.63, 3.8) is 0 Å². The SMILES string of the molecule is CCCCCCCCOC(=O)/N=C(\N)c1ccc(-c2ccc(OC[C@@H]3C[C@@H](CC(=O)OCC)C(=O)N3)cc2)cc1. The van der Waals surface area contributed by atoms with Gasteiger partial charge in [-0.1, -0.05) is 75.4 Å². The molecular weight excluding hydrogens is 510 g/mol. The number of hydrogen-bond donors (Lipinski definition) is 2. The average Bonchev–Trinajstić information content (AvgIpc) is 3.30. The van der Waals surface area contributed by atoms with E-state index in [1.165, 1.54) is 19.3 Å². The highest BCUT2D eigenvalue weighted by Gasteiger charge is 2.34. The van der Waals surface area contributed by atoms with Crippen molar-refractivity contribution < 1.29 is 28.6 Å². The van der Waals surface area contributed by atoms with Gasteiger partial charge in [-0.05, 0) is 43.0 Å². The predicted molar refractivity (Wildman–Crippen MR) is 154 cm³/mol. The van der Waals surface area contributed by atoms with E-state index in [-0.39, 0.29) is 36.1 Å². The molecule has 9 nitrogen and oxygen atoms in total. The molecule has 1 fully saturated rings. The van der Waals surface area contributed by atoms with Crippen LogP contribution in [0.1, 0.15) is 70.8 Å². The van der Waals surface area contributed by atoms with Crippen molar-refractivity contribution >= 4 is 23.8 Å². The fourth-order valence-corrected chi connectivity index (χ4v) is 4.55. The van der Waals surface area contributed by atoms with E-state index in [1.54, 1.807) is 6.92 Å². The largest absolute Gasteiger partial charge is 0.491 e. The predicted octanol–water partition coefficient (Wildman–Crippen LogP) is 5.39. The van der Waals surface area contributed by atoms with Crippen LogP contribution in [0.2, 0.25) is 0 Å². The Kier molecular flexibility index (Phi) is 12.5. The summed E-state index contributed by atoms with van der Waals surface area (Å²) in [6.07, 6.45) is 6.64. The van der Waals surface area contributed by atoms with Crippen molar-refractivity contribution in [2.45, 2.75) is 71.3 Å². The second kappa shape index (κ2) is 16.3. The Morgan fingerprint density at radius 1 is 0.925 bits per heavy atom. The minimum absolute atomic E-state index is 0.0878. The van der Waals surface area contributed by atoms with Gasteiger partial charge in [-0.2, -0.15) is 4.99 Å². The molecule has 1 heterocycles. The van der Waals surface area contributed by atoms with Gasteiger partial charge in [0, 0.05) is 5.56 Å². The zero-order chi connectivity index (χ0) is 28.7. The molecule has 1 aliphatic rings. The number of amidine groups is 1. The van der Waals surface area contributed by atoms with Crippen molar-refractivity contribution in [3.8, 4) is 16.9 Å². The maximum atomic E-state index is 12.1. The summed E-state index contributed by atoms with van der Waals surface area (Å²) in [7, 11) is 0. The van der Waals surface area contributed by atoms with Gasteiger partial charge in [-0.25, -0.2) is 4.79 Å². The molecule has 2 amide bonds. The lowest BCUT2D eigenvalue weighted by Crippen LogP contribution is -2.31. The van der Waals surface area contributed by atoms with Gasteiger partial charge in [0.25, 0.3) is 0 Å². The fraction of sp³-hybridized carbons (Fsp3) is 0.484. The molecule has 3 N–H and O–H groups in total. The number of rotatable bonds is 15. The van der Waals surface area contributed by atoms with Crippen LogP contribution in [0.4, 0.5) is 4.79 Å². The lowest BCUT2D eigenvalue weighted by Gasteiger charge is -2.12. The number of carbonyl (C=O) groups is 3. The molecule has 1 aliphatic heterocycles. The molecule has 2 atom stereocenters. The van der Waals surface area contributed by atoms with E-state index in [2.05, 4.69) is 17.2 Å². The van der Waals surface area contributed by atoms with E-state index in [1.807, 2.05) is 48.5 Å². The Morgan fingerprint density at radius 2 is 1.57 bits per heavy atom. The summed E-state index contributed by atoms with van der Waals surface area (Å²) in [5.74, 6) is -0.0841. The Balaban J connectivity index is 1.44. The first kappa shape index (κ1) is 30.7. The summed E-state index contributed by atoms with van der Waals surface area (Å²) in [6.45, 7) is 4.90. The average molecular weight is 552 g/mol. The molecule has 40 heavy (non-hydrogen) atoms. The van der Waals surface area contributed by atoms with Gasteiger partial charge >= 0.3 is 12.1 Å². The summed E-state index contributed by atoms with van der Waals surface area (Å²) in [5, 5.41) is 2.89. The molecule has 1 saturated heterocycles. The third-order valence-corrected chi connectivity index (χ3v) is 6.76. The molecule has 9 heteroatoms. The molecule has 2 aromatic rings. The van der Waals surface area contributed by atoms with Gasteiger partial charge < -0.3 is 25.3 Å². The van der Waals surface area contributed by atoms with E-state index >= 15 is 0 Å². The number of esters is 1. The van der Waals surface area contributed by atoms with E-state index in [0.29, 0.717) is 37.6 Å².